The lowest BCUT2D eigenvalue weighted by atomic mass is 10.1. The molecule has 240 valence electrons. The summed E-state index contributed by atoms with van der Waals surface area (Å²) in [6.07, 6.45) is 5.62. The summed E-state index contributed by atoms with van der Waals surface area (Å²) >= 11 is 0. The van der Waals surface area contributed by atoms with Crippen molar-refractivity contribution in [3.8, 4) is 5.75 Å². The number of ether oxygens (including phenoxy) is 1. The lowest BCUT2D eigenvalue weighted by Gasteiger charge is -2.24. The molecule has 0 spiro atoms. The smallest absolute Gasteiger partial charge is 0.254 e. The number of fused-ring (bicyclic) bond motifs is 1. The largest absolute Gasteiger partial charge is 0.495 e. The number of hydrogen-bond acceptors (Lipinski definition) is 8. The zero-order chi connectivity index (χ0) is 32.3. The van der Waals surface area contributed by atoms with E-state index in [1.54, 1.807) is 30.2 Å². The third-order valence-corrected chi connectivity index (χ3v) is 7.22. The lowest BCUT2D eigenvalue weighted by Crippen LogP contribution is -2.34. The van der Waals surface area contributed by atoms with Gasteiger partial charge in [-0.15, -0.1) is 0 Å². The van der Waals surface area contributed by atoms with Gasteiger partial charge in [0.05, 0.1) is 12.8 Å². The third-order valence-electron chi connectivity index (χ3n) is 7.22. The van der Waals surface area contributed by atoms with E-state index in [1.165, 1.54) is 0 Å². The SMILES string of the molecule is CC(CCC(=O)NC=O)N1Cc2c(NC(=O)CCCCCNCCCNC=O)cccc2C1=O.COc1cc(C)ccc1N. The Balaban J connectivity index is 0.000000569. The first kappa shape index (κ1) is 35.7. The van der Waals surface area contributed by atoms with Crippen molar-refractivity contribution in [2.24, 2.45) is 0 Å². The molecule has 2 aromatic carbocycles. The van der Waals surface area contributed by atoms with E-state index in [4.69, 9.17) is 10.5 Å². The van der Waals surface area contributed by atoms with Crippen LogP contribution in [0.2, 0.25) is 0 Å². The Bertz CT molecular complexity index is 1250. The average molecular weight is 611 g/mol. The number of hydrogen-bond donors (Lipinski definition) is 5. The van der Waals surface area contributed by atoms with E-state index in [2.05, 4.69) is 21.3 Å². The van der Waals surface area contributed by atoms with Crippen LogP contribution in [0.3, 0.4) is 0 Å². The fraction of sp³-hybridized carbons (Fsp3) is 0.469. The molecule has 0 fully saturated rings. The van der Waals surface area contributed by atoms with Crippen LogP contribution < -0.4 is 31.7 Å². The summed E-state index contributed by atoms with van der Waals surface area (Å²) in [5, 5.41) is 11.0. The molecule has 1 heterocycles. The van der Waals surface area contributed by atoms with Gasteiger partial charge in [0.25, 0.3) is 5.91 Å². The Morgan fingerprint density at radius 3 is 2.48 bits per heavy atom. The van der Waals surface area contributed by atoms with Crippen molar-refractivity contribution in [3.05, 3.63) is 53.1 Å². The van der Waals surface area contributed by atoms with Crippen LogP contribution in [0.1, 0.15) is 73.4 Å². The van der Waals surface area contributed by atoms with E-state index in [9.17, 15) is 24.0 Å². The van der Waals surface area contributed by atoms with Gasteiger partial charge >= 0.3 is 0 Å². The highest BCUT2D eigenvalue weighted by Gasteiger charge is 2.32. The number of rotatable bonds is 18. The van der Waals surface area contributed by atoms with Gasteiger partial charge < -0.3 is 31.3 Å². The minimum atomic E-state index is -0.373. The Morgan fingerprint density at radius 1 is 1.00 bits per heavy atom. The Hall–Kier alpha value is -4.45. The quantitative estimate of drug-likeness (QED) is 0.0974. The molecule has 0 aliphatic carbocycles. The number of nitrogen functional groups attached to an aromatic ring is 1. The number of nitrogens with zero attached hydrogens (tertiary/aromatic N) is 1. The average Bonchev–Trinajstić information content (AvgIpc) is 3.35. The first-order valence-corrected chi connectivity index (χ1v) is 14.9. The van der Waals surface area contributed by atoms with Crippen molar-refractivity contribution in [1.82, 2.24) is 20.9 Å². The third kappa shape index (κ3) is 12.0. The van der Waals surface area contributed by atoms with Gasteiger partial charge in [0.15, 0.2) is 0 Å². The molecule has 5 amide bonds. The maximum Gasteiger partial charge on any atom is 0.254 e. The van der Waals surface area contributed by atoms with Crippen molar-refractivity contribution in [2.75, 3.05) is 37.8 Å². The van der Waals surface area contributed by atoms with Crippen LogP contribution in [0.25, 0.3) is 0 Å². The van der Waals surface area contributed by atoms with Crippen molar-refractivity contribution in [2.45, 2.75) is 71.4 Å². The number of unbranched alkanes of at least 4 members (excludes halogenated alkanes) is 2. The summed E-state index contributed by atoms with van der Waals surface area (Å²) in [5.74, 6) is 0.177. The molecule has 2 aromatic rings. The number of carbonyl (C=O) groups excluding carboxylic acids is 5. The number of anilines is 2. The van der Waals surface area contributed by atoms with E-state index in [1.807, 2.05) is 32.0 Å². The second-order valence-electron chi connectivity index (χ2n) is 10.6. The van der Waals surface area contributed by atoms with E-state index in [0.717, 1.165) is 55.6 Å². The van der Waals surface area contributed by atoms with Gasteiger partial charge in [0.1, 0.15) is 5.75 Å². The van der Waals surface area contributed by atoms with Crippen LogP contribution in [0.5, 0.6) is 5.75 Å². The molecule has 1 unspecified atom stereocenters. The van der Waals surface area contributed by atoms with Crippen molar-refractivity contribution < 1.29 is 28.7 Å². The molecule has 0 radical (unpaired) electrons. The summed E-state index contributed by atoms with van der Waals surface area (Å²) in [7, 11) is 1.62. The predicted molar refractivity (Wildman–Crippen MR) is 170 cm³/mol. The molecule has 0 saturated carbocycles. The molecule has 44 heavy (non-hydrogen) atoms. The summed E-state index contributed by atoms with van der Waals surface area (Å²) in [4.78, 5) is 59.0. The molecule has 0 bridgehead atoms. The standard InChI is InChI=1S/C24H35N5O5.C8H11NO/c1-18(10-11-22(32)27-17-31)29-15-20-19(24(29)34)7-5-8-21(20)28-23(33)9-3-2-4-12-25-13-6-14-26-16-30;1-6-3-4-7(9)8(5-6)10-2/h5,7-8,16-18,25H,2-4,6,9-15H2,1H3,(H,26,30)(H,28,33)(H,27,31,32);3-5H,9H2,1-2H3. The molecule has 12 nitrogen and oxygen atoms in total. The summed E-state index contributed by atoms with van der Waals surface area (Å²) in [6.45, 7) is 6.63. The lowest BCUT2D eigenvalue weighted by molar-refractivity contribution is -0.125. The highest BCUT2D eigenvalue weighted by molar-refractivity contribution is 6.02. The number of nitrogens with two attached hydrogens (primary N) is 1. The first-order valence-electron chi connectivity index (χ1n) is 14.9. The highest BCUT2D eigenvalue weighted by atomic mass is 16.5. The van der Waals surface area contributed by atoms with Gasteiger partial charge in [-0.05, 0) is 82.4 Å². The Kier molecular flexibility index (Phi) is 16.0. The number of nitrogens with one attached hydrogen (secondary N) is 4. The fourth-order valence-electron chi connectivity index (χ4n) is 4.70. The zero-order valence-electron chi connectivity index (χ0n) is 25.9. The number of aryl methyl sites for hydroxylation is 1. The maximum atomic E-state index is 12.8. The van der Waals surface area contributed by atoms with Crippen LogP contribution in [0, 0.1) is 6.92 Å². The second-order valence-corrected chi connectivity index (χ2v) is 10.6. The van der Waals surface area contributed by atoms with Crippen molar-refractivity contribution in [1.29, 1.82) is 0 Å². The van der Waals surface area contributed by atoms with Gasteiger partial charge in [-0.1, -0.05) is 18.6 Å². The van der Waals surface area contributed by atoms with Crippen LogP contribution >= 0.6 is 0 Å². The molecule has 1 atom stereocenters. The molecular weight excluding hydrogens is 564 g/mol. The number of imide groups is 1. The van der Waals surface area contributed by atoms with Crippen LogP contribution in [-0.2, 0) is 25.7 Å². The summed E-state index contributed by atoms with van der Waals surface area (Å²) in [6, 6.07) is 10.8. The van der Waals surface area contributed by atoms with E-state index in [0.29, 0.717) is 55.7 Å². The molecular formula is C32H46N6O6. The minimum Gasteiger partial charge on any atom is -0.495 e. The summed E-state index contributed by atoms with van der Waals surface area (Å²) in [5.41, 5.74) is 9.43. The van der Waals surface area contributed by atoms with Gasteiger partial charge in [0.2, 0.25) is 24.6 Å². The monoisotopic (exact) mass is 610 g/mol. The topological polar surface area (TPSA) is 172 Å². The van der Waals surface area contributed by atoms with Crippen LogP contribution in [0.4, 0.5) is 11.4 Å². The van der Waals surface area contributed by atoms with Gasteiger partial charge in [-0.25, -0.2) is 0 Å². The molecule has 1 aliphatic rings. The number of benzene rings is 2. The van der Waals surface area contributed by atoms with E-state index >= 15 is 0 Å². The first-order chi connectivity index (χ1) is 21.2. The Morgan fingerprint density at radius 2 is 1.77 bits per heavy atom. The number of amides is 5. The molecule has 1 aliphatic heterocycles. The van der Waals surface area contributed by atoms with Crippen LogP contribution in [0.15, 0.2) is 36.4 Å². The Labute approximate surface area is 259 Å². The van der Waals surface area contributed by atoms with Crippen molar-refractivity contribution >= 4 is 41.9 Å². The zero-order valence-corrected chi connectivity index (χ0v) is 25.9. The molecule has 12 heteroatoms. The molecule has 0 saturated heterocycles. The summed E-state index contributed by atoms with van der Waals surface area (Å²) < 4.78 is 5.00. The maximum absolute atomic E-state index is 12.8. The van der Waals surface area contributed by atoms with Gasteiger partial charge in [-0.3, -0.25) is 29.3 Å². The van der Waals surface area contributed by atoms with Crippen LogP contribution in [-0.4, -0.2) is 68.2 Å². The number of carbonyl (C=O) groups is 5. The van der Waals surface area contributed by atoms with Crippen molar-refractivity contribution in [3.63, 3.8) is 0 Å². The highest BCUT2D eigenvalue weighted by Crippen LogP contribution is 2.31. The number of methoxy groups -OCH3 is 1. The molecule has 0 aromatic heterocycles. The molecule has 6 N–H and O–H groups in total. The fourth-order valence-corrected chi connectivity index (χ4v) is 4.70. The second kappa shape index (κ2) is 19.7. The van der Waals surface area contributed by atoms with Gasteiger partial charge in [-0.2, -0.15) is 0 Å². The molecule has 3 rings (SSSR count). The van der Waals surface area contributed by atoms with E-state index in [-0.39, 0.29) is 30.2 Å². The normalized spacial score (nSPS) is 12.3. The van der Waals surface area contributed by atoms with Gasteiger partial charge in [0, 0.05) is 48.8 Å². The minimum absolute atomic E-state index is 0.0780. The predicted octanol–water partition coefficient (Wildman–Crippen LogP) is 2.89. The van der Waals surface area contributed by atoms with E-state index < -0.39 is 0 Å².